The van der Waals surface area contributed by atoms with Crippen molar-refractivity contribution in [2.45, 2.75) is 70.5 Å². The highest BCUT2D eigenvalue weighted by atomic mass is 32.2. The van der Waals surface area contributed by atoms with E-state index in [0.29, 0.717) is 30.7 Å². The molecule has 4 heterocycles. The predicted molar refractivity (Wildman–Crippen MR) is 140 cm³/mol. The lowest BCUT2D eigenvalue weighted by Crippen LogP contribution is -2.42. The minimum Gasteiger partial charge on any atom is -0.384 e. The molecule has 4 rings (SSSR count). The van der Waals surface area contributed by atoms with Gasteiger partial charge in [-0.3, -0.25) is 4.79 Å². The Kier molecular flexibility index (Phi) is 6.56. The van der Waals surface area contributed by atoms with E-state index >= 15 is 4.39 Å². The van der Waals surface area contributed by atoms with E-state index in [0.717, 1.165) is 12.8 Å². The van der Waals surface area contributed by atoms with Gasteiger partial charge in [0, 0.05) is 24.2 Å². The lowest BCUT2D eigenvalue weighted by atomic mass is 9.97. The van der Waals surface area contributed by atoms with Crippen molar-refractivity contribution in [3.63, 3.8) is 0 Å². The Bertz CT molecular complexity index is 1290. The Morgan fingerprint density at radius 1 is 1.03 bits per heavy atom. The molecule has 0 bridgehead atoms. The van der Waals surface area contributed by atoms with Crippen molar-refractivity contribution in [2.75, 3.05) is 34.4 Å². The van der Waals surface area contributed by atoms with E-state index in [1.165, 1.54) is 24.3 Å². The van der Waals surface area contributed by atoms with Crippen LogP contribution in [0.1, 0.15) is 64.7 Å². The van der Waals surface area contributed by atoms with E-state index in [9.17, 15) is 13.2 Å². The number of nitrogens with two attached hydrogens (primary N) is 1. The first-order valence-electron chi connectivity index (χ1n) is 12.3. The Morgan fingerprint density at radius 3 is 2.08 bits per heavy atom. The van der Waals surface area contributed by atoms with E-state index in [1.807, 2.05) is 9.80 Å². The molecule has 196 valence electrons. The number of nitrogens with zero attached hydrogens (tertiary/aromatic N) is 4. The van der Waals surface area contributed by atoms with E-state index in [-0.39, 0.29) is 33.3 Å². The fourth-order valence-corrected chi connectivity index (χ4v) is 7.10. The second-order valence-electron chi connectivity index (χ2n) is 11.7. The Labute approximate surface area is 213 Å². The maximum absolute atomic E-state index is 15.6. The molecule has 0 aliphatic carbocycles. The molecule has 2 aromatic heterocycles. The van der Waals surface area contributed by atoms with Gasteiger partial charge in [0.2, 0.25) is 9.84 Å². The molecule has 0 spiro atoms. The lowest BCUT2D eigenvalue weighted by molar-refractivity contribution is 0.102. The van der Waals surface area contributed by atoms with Crippen LogP contribution in [-0.2, 0) is 9.84 Å². The molecule has 2 aromatic rings. The van der Waals surface area contributed by atoms with Gasteiger partial charge in [-0.1, -0.05) is 19.9 Å². The van der Waals surface area contributed by atoms with Gasteiger partial charge in [-0.05, 0) is 70.6 Å². The molecule has 0 saturated carbocycles. The van der Waals surface area contributed by atoms with Crippen LogP contribution in [0.3, 0.4) is 0 Å². The molecule has 2 fully saturated rings. The second-order valence-corrected chi connectivity index (χ2v) is 13.6. The predicted octanol–water partition coefficient (Wildman–Crippen LogP) is 4.10. The topological polar surface area (TPSA) is 109 Å². The number of Topliss-reactive ketones (excluding diaryl/α,β-unsaturated/α-hetero) is 1. The van der Waals surface area contributed by atoms with Gasteiger partial charge in [0.05, 0.1) is 5.56 Å². The number of aromatic nitrogens is 2. The quantitative estimate of drug-likeness (QED) is 0.571. The van der Waals surface area contributed by atoms with Gasteiger partial charge in [-0.2, -0.15) is 0 Å². The lowest BCUT2D eigenvalue weighted by Gasteiger charge is -2.37. The average molecular weight is 518 g/mol. The van der Waals surface area contributed by atoms with E-state index in [4.69, 9.17) is 10.7 Å². The van der Waals surface area contributed by atoms with Crippen LogP contribution in [0, 0.1) is 17.7 Å². The summed E-state index contributed by atoms with van der Waals surface area (Å²) >= 11 is 0. The average Bonchev–Trinajstić information content (AvgIpc) is 3.18. The number of halogens is 1. The monoisotopic (exact) mass is 517 g/mol. The number of pyridine rings is 2. The molecule has 2 aliphatic rings. The summed E-state index contributed by atoms with van der Waals surface area (Å²) in [5.74, 6) is -0.940. The molecule has 2 aliphatic heterocycles. The third kappa shape index (κ3) is 4.92. The van der Waals surface area contributed by atoms with Crippen LogP contribution in [0.2, 0.25) is 0 Å². The molecule has 0 radical (unpaired) electrons. The van der Waals surface area contributed by atoms with Gasteiger partial charge < -0.3 is 15.5 Å². The zero-order chi connectivity index (χ0) is 26.6. The number of anilines is 3. The van der Waals surface area contributed by atoms with Crippen LogP contribution in [0.15, 0.2) is 29.3 Å². The van der Waals surface area contributed by atoms with Gasteiger partial charge in [0.15, 0.2) is 22.4 Å². The minimum absolute atomic E-state index is 0.0315. The number of hydrogen-bond acceptors (Lipinski definition) is 8. The van der Waals surface area contributed by atoms with E-state index in [1.54, 1.807) is 0 Å². The summed E-state index contributed by atoms with van der Waals surface area (Å²) in [4.78, 5) is 26.1. The molecule has 36 heavy (non-hydrogen) atoms. The summed E-state index contributed by atoms with van der Waals surface area (Å²) in [7, 11) is -4.09. The molecule has 2 atom stereocenters. The highest BCUT2D eigenvalue weighted by molar-refractivity contribution is 7.92. The fraction of sp³-hybridized carbons (Fsp3) is 0.577. The Hall–Kier alpha value is -2.75. The Morgan fingerprint density at radius 2 is 1.58 bits per heavy atom. The summed E-state index contributed by atoms with van der Waals surface area (Å²) in [6.07, 6.45) is 1.76. The highest BCUT2D eigenvalue weighted by Crippen LogP contribution is 2.42. The van der Waals surface area contributed by atoms with Gasteiger partial charge in [0.25, 0.3) is 0 Å². The number of rotatable bonds is 6. The zero-order valence-corrected chi connectivity index (χ0v) is 22.7. The number of carbonyl (C=O) groups is 1. The molecule has 8 nitrogen and oxygen atoms in total. The van der Waals surface area contributed by atoms with Crippen molar-refractivity contribution in [3.05, 3.63) is 35.6 Å². The third-order valence-electron chi connectivity index (χ3n) is 7.28. The summed E-state index contributed by atoms with van der Waals surface area (Å²) in [5, 5.41) is -0.287. The summed E-state index contributed by atoms with van der Waals surface area (Å²) in [5.41, 5.74) is 4.98. The van der Waals surface area contributed by atoms with Crippen LogP contribution in [-0.4, -0.2) is 54.1 Å². The largest absolute Gasteiger partial charge is 0.384 e. The van der Waals surface area contributed by atoms with Crippen molar-refractivity contribution in [3.8, 4) is 0 Å². The molecule has 2 N–H and O–H groups in total. The smallest absolute Gasteiger partial charge is 0.203 e. The molecular formula is C26H36FN5O3S. The molecule has 2 saturated heterocycles. The number of sulfone groups is 1. The molecular weight excluding hydrogens is 481 g/mol. The number of hydrogen-bond donors (Lipinski definition) is 1. The van der Waals surface area contributed by atoms with E-state index < -0.39 is 27.2 Å². The second kappa shape index (κ2) is 8.97. The van der Waals surface area contributed by atoms with Crippen molar-refractivity contribution in [1.82, 2.24) is 9.97 Å². The van der Waals surface area contributed by atoms with Crippen molar-refractivity contribution in [1.29, 1.82) is 0 Å². The fourth-order valence-electron chi connectivity index (χ4n) is 5.92. The summed E-state index contributed by atoms with van der Waals surface area (Å²) in [6.45, 7) is 13.8. The first kappa shape index (κ1) is 26.3. The van der Waals surface area contributed by atoms with Gasteiger partial charge in [0.1, 0.15) is 17.4 Å². The minimum atomic E-state index is -4.09. The van der Waals surface area contributed by atoms with Crippen molar-refractivity contribution in [2.24, 2.45) is 11.8 Å². The van der Waals surface area contributed by atoms with Gasteiger partial charge in [-0.15, -0.1) is 0 Å². The number of ketones is 1. The summed E-state index contributed by atoms with van der Waals surface area (Å²) in [6, 6.07) is 5.40. The Balaban J connectivity index is 1.80. The SMILES string of the molecule is C[C@@H]1CN(c2nc(N3C[C@@H](C)CC3(C)C)c(C(=O)CS(=O)(=O)c3cccc(N)n3)cc2F)C(C)(C)C1. The maximum atomic E-state index is 15.6. The molecule has 10 heteroatoms. The van der Waals surface area contributed by atoms with Crippen LogP contribution in [0.5, 0.6) is 0 Å². The first-order chi connectivity index (χ1) is 16.6. The van der Waals surface area contributed by atoms with Gasteiger partial charge in [-0.25, -0.2) is 22.8 Å². The highest BCUT2D eigenvalue weighted by Gasteiger charge is 2.42. The van der Waals surface area contributed by atoms with Crippen LogP contribution >= 0.6 is 0 Å². The maximum Gasteiger partial charge on any atom is 0.203 e. The number of carbonyl (C=O) groups excluding carboxylic acids is 1. The zero-order valence-electron chi connectivity index (χ0n) is 21.9. The molecule has 0 unspecified atom stereocenters. The van der Waals surface area contributed by atoms with Crippen molar-refractivity contribution < 1.29 is 17.6 Å². The van der Waals surface area contributed by atoms with Crippen molar-refractivity contribution >= 4 is 33.1 Å². The molecule has 0 aromatic carbocycles. The standard InChI is InChI=1S/C26H36FN5O3S/c1-16-11-25(3,4)31(13-16)23-18(20(33)15-36(34,35)22-9-7-8-21(28)29-22)10-19(27)24(30-23)32-14-17(2)12-26(32,5)6/h7-10,16-17H,11-15H2,1-6H3,(H2,28,29)/t16-,17-/m0/s1. The van der Waals surface area contributed by atoms with Crippen LogP contribution in [0.25, 0.3) is 0 Å². The van der Waals surface area contributed by atoms with Gasteiger partial charge >= 0.3 is 0 Å². The van der Waals surface area contributed by atoms with Crippen LogP contribution in [0.4, 0.5) is 21.8 Å². The first-order valence-corrected chi connectivity index (χ1v) is 14.0. The summed E-state index contributed by atoms with van der Waals surface area (Å²) < 4.78 is 41.6. The molecule has 0 amide bonds. The van der Waals surface area contributed by atoms with Crippen LogP contribution < -0.4 is 15.5 Å². The van der Waals surface area contributed by atoms with E-state index in [2.05, 4.69) is 46.5 Å². The third-order valence-corrected chi connectivity index (χ3v) is 8.79. The normalized spacial score (nSPS) is 23.3. The number of nitrogen functional groups attached to an aromatic ring is 1.